The minimum Gasteiger partial charge on any atom is -0.441 e. The Morgan fingerprint density at radius 2 is 1.69 bits per heavy atom. The van der Waals surface area contributed by atoms with Crippen LogP contribution in [0.3, 0.4) is 0 Å². The van der Waals surface area contributed by atoms with Crippen LogP contribution in [0, 0.1) is 0 Å². The van der Waals surface area contributed by atoms with Crippen molar-refractivity contribution in [2.45, 2.75) is 0 Å². The third kappa shape index (κ3) is 2.53. The van der Waals surface area contributed by atoms with E-state index in [9.17, 15) is 0 Å². The van der Waals surface area contributed by atoms with E-state index in [0.717, 1.165) is 11.6 Å². The third-order valence-corrected chi connectivity index (χ3v) is 1.54. The first-order chi connectivity index (χ1) is 5.95. The van der Waals surface area contributed by atoms with E-state index in [0.29, 0.717) is 0 Å². The highest BCUT2D eigenvalue weighted by molar-refractivity contribution is 5.85. The molecule has 68 valence electrons. The van der Waals surface area contributed by atoms with Gasteiger partial charge in [-0.1, -0.05) is 18.2 Å². The van der Waals surface area contributed by atoms with Gasteiger partial charge in [0, 0.05) is 12.3 Å². The molecule has 0 fully saturated rings. The minimum atomic E-state index is 0. The number of aromatic nitrogens is 1. The molecule has 3 heteroatoms. The molecule has 2 nitrogen and oxygen atoms in total. The van der Waals surface area contributed by atoms with E-state index >= 15 is 0 Å². The number of ether oxygens (including phenoxy) is 1. The molecule has 0 saturated heterocycles. The summed E-state index contributed by atoms with van der Waals surface area (Å²) in [6, 6.07) is 13.5. The van der Waals surface area contributed by atoms with E-state index in [-0.39, 0.29) is 12.4 Å². The van der Waals surface area contributed by atoms with Gasteiger partial charge in [0.05, 0.1) is 0 Å². The van der Waals surface area contributed by atoms with Crippen molar-refractivity contribution >= 4 is 12.4 Å². The van der Waals surface area contributed by atoms with Crippen LogP contribution in [-0.4, -0.2) is 4.98 Å². The lowest BCUT2D eigenvalue weighted by molar-refractivity contribution is 0.466. The minimum absolute atomic E-state index is 0. The highest BCUT2D eigenvalue weighted by Gasteiger charge is 1.93. The zero-order chi connectivity index (χ0) is 8.23. The Hall–Kier alpha value is -1.41. The summed E-state index contributed by atoms with van der Waals surface area (Å²) in [6.45, 7) is 0. The third-order valence-electron chi connectivity index (χ3n) is 1.54. The van der Waals surface area contributed by atoms with Crippen LogP contribution in [-0.2, 0) is 0 Å². The number of nitrogens with one attached hydrogen (secondary N) is 1. The molecule has 0 spiro atoms. The molecule has 2 aromatic rings. The van der Waals surface area contributed by atoms with E-state index in [1.54, 1.807) is 0 Å². The van der Waals surface area contributed by atoms with Crippen LogP contribution < -0.4 is 4.74 Å². The number of hydrogen-bond donors (Lipinski definition) is 1. The lowest BCUT2D eigenvalue weighted by Crippen LogP contribution is -1.81. The van der Waals surface area contributed by atoms with Crippen LogP contribution >= 0.6 is 12.4 Å². The average Bonchev–Trinajstić information content (AvgIpc) is 2.59. The van der Waals surface area contributed by atoms with Gasteiger partial charge in [0.1, 0.15) is 5.75 Å². The van der Waals surface area contributed by atoms with Crippen molar-refractivity contribution in [2.24, 2.45) is 0 Å². The van der Waals surface area contributed by atoms with Crippen LogP contribution in [0.25, 0.3) is 0 Å². The maximum absolute atomic E-state index is 5.46. The predicted molar refractivity (Wildman–Crippen MR) is 54.6 cm³/mol. The van der Waals surface area contributed by atoms with Crippen LogP contribution in [0.15, 0.2) is 48.7 Å². The summed E-state index contributed by atoms with van der Waals surface area (Å²) in [5, 5.41) is 0. The van der Waals surface area contributed by atoms with Gasteiger partial charge in [-0.3, -0.25) is 0 Å². The van der Waals surface area contributed by atoms with Gasteiger partial charge in [0.15, 0.2) is 5.88 Å². The quantitative estimate of drug-likeness (QED) is 0.782. The highest BCUT2D eigenvalue weighted by Crippen LogP contribution is 2.17. The van der Waals surface area contributed by atoms with Crippen LogP contribution in [0.2, 0.25) is 0 Å². The molecule has 0 unspecified atom stereocenters. The second-order valence-corrected chi connectivity index (χ2v) is 2.45. The van der Waals surface area contributed by atoms with Gasteiger partial charge in [-0.2, -0.15) is 0 Å². The summed E-state index contributed by atoms with van der Waals surface area (Å²) in [6.07, 6.45) is 1.83. The summed E-state index contributed by atoms with van der Waals surface area (Å²) in [5.41, 5.74) is 0. The summed E-state index contributed by atoms with van der Waals surface area (Å²) in [4.78, 5) is 2.96. The molecule has 0 aliphatic carbocycles. The molecule has 0 saturated carbocycles. The first-order valence-electron chi connectivity index (χ1n) is 3.81. The van der Waals surface area contributed by atoms with Gasteiger partial charge in [0.25, 0.3) is 0 Å². The molecule has 1 aromatic carbocycles. The van der Waals surface area contributed by atoms with Gasteiger partial charge in [-0.15, -0.1) is 12.4 Å². The van der Waals surface area contributed by atoms with E-state index < -0.39 is 0 Å². The van der Waals surface area contributed by atoms with Gasteiger partial charge in [-0.25, -0.2) is 0 Å². The van der Waals surface area contributed by atoms with E-state index in [2.05, 4.69) is 4.98 Å². The fourth-order valence-electron chi connectivity index (χ4n) is 0.993. The molecule has 1 heterocycles. The number of aromatic amines is 1. The van der Waals surface area contributed by atoms with Crippen molar-refractivity contribution in [2.75, 3.05) is 0 Å². The van der Waals surface area contributed by atoms with Gasteiger partial charge < -0.3 is 9.72 Å². The molecule has 0 amide bonds. The lowest BCUT2D eigenvalue weighted by atomic mass is 10.3. The molecule has 0 atom stereocenters. The summed E-state index contributed by atoms with van der Waals surface area (Å²) >= 11 is 0. The van der Waals surface area contributed by atoms with Crippen LogP contribution in [0.4, 0.5) is 0 Å². The van der Waals surface area contributed by atoms with Crippen molar-refractivity contribution in [3.05, 3.63) is 48.7 Å². The summed E-state index contributed by atoms with van der Waals surface area (Å²) < 4.78 is 5.46. The van der Waals surface area contributed by atoms with Crippen molar-refractivity contribution in [1.82, 2.24) is 4.98 Å². The largest absolute Gasteiger partial charge is 0.441 e. The van der Waals surface area contributed by atoms with Crippen LogP contribution in [0.5, 0.6) is 11.6 Å². The molecule has 0 radical (unpaired) electrons. The maximum atomic E-state index is 5.46. The van der Waals surface area contributed by atoms with Gasteiger partial charge in [0.2, 0.25) is 0 Å². The van der Waals surface area contributed by atoms with Crippen LogP contribution in [0.1, 0.15) is 0 Å². The molecule has 0 aliphatic rings. The van der Waals surface area contributed by atoms with Gasteiger partial charge >= 0.3 is 0 Å². The zero-order valence-corrected chi connectivity index (χ0v) is 7.75. The molecular weight excluding hydrogens is 186 g/mol. The first kappa shape index (κ1) is 9.68. The molecule has 1 N–H and O–H groups in total. The second kappa shape index (κ2) is 4.58. The fourth-order valence-corrected chi connectivity index (χ4v) is 0.993. The second-order valence-electron chi connectivity index (χ2n) is 2.45. The number of halogens is 1. The zero-order valence-electron chi connectivity index (χ0n) is 6.94. The summed E-state index contributed by atoms with van der Waals surface area (Å²) in [5.74, 6) is 1.61. The Kier molecular flexibility index (Phi) is 3.41. The van der Waals surface area contributed by atoms with Crippen molar-refractivity contribution < 1.29 is 4.74 Å². The Bertz CT molecular complexity index is 331. The van der Waals surface area contributed by atoms with Crippen molar-refractivity contribution in [1.29, 1.82) is 0 Å². The fraction of sp³-hybridized carbons (Fsp3) is 0. The number of rotatable bonds is 2. The molecule has 0 aliphatic heterocycles. The van der Waals surface area contributed by atoms with Crippen molar-refractivity contribution in [3.8, 4) is 11.6 Å². The number of H-pyrrole nitrogens is 1. The monoisotopic (exact) mass is 195 g/mol. The van der Waals surface area contributed by atoms with E-state index in [4.69, 9.17) is 4.74 Å². The maximum Gasteiger partial charge on any atom is 0.197 e. The Labute approximate surface area is 83.0 Å². The normalized spacial score (nSPS) is 8.92. The lowest BCUT2D eigenvalue weighted by Gasteiger charge is -2.00. The van der Waals surface area contributed by atoms with E-state index in [1.165, 1.54) is 0 Å². The van der Waals surface area contributed by atoms with Crippen molar-refractivity contribution in [3.63, 3.8) is 0 Å². The Balaban J connectivity index is 0.000000845. The summed E-state index contributed by atoms with van der Waals surface area (Å²) in [7, 11) is 0. The molecule has 1 aromatic heterocycles. The number of para-hydroxylation sites is 1. The topological polar surface area (TPSA) is 25.0 Å². The predicted octanol–water partition coefficient (Wildman–Crippen LogP) is 3.23. The average molecular weight is 196 g/mol. The standard InChI is InChI=1S/C10H9NO.ClH/c1-2-5-9(6-3-1)12-10-7-4-8-11-10;/h1-8,11H;1H. The first-order valence-corrected chi connectivity index (χ1v) is 3.81. The SMILES string of the molecule is Cl.c1ccc(Oc2ccc[nH]2)cc1. The Morgan fingerprint density at radius 1 is 0.923 bits per heavy atom. The number of hydrogen-bond acceptors (Lipinski definition) is 1. The highest BCUT2D eigenvalue weighted by atomic mass is 35.5. The molecule has 13 heavy (non-hydrogen) atoms. The number of benzene rings is 1. The molecular formula is C10H10ClNO. The van der Waals surface area contributed by atoms with E-state index in [1.807, 2.05) is 48.7 Å². The molecule has 2 rings (SSSR count). The molecule has 0 bridgehead atoms. The smallest absolute Gasteiger partial charge is 0.197 e. The van der Waals surface area contributed by atoms with Gasteiger partial charge in [-0.05, 0) is 18.2 Å². The Morgan fingerprint density at radius 3 is 2.31 bits per heavy atom.